The zero-order chi connectivity index (χ0) is 17.8. The van der Waals surface area contributed by atoms with Crippen molar-refractivity contribution in [2.24, 2.45) is 0 Å². The summed E-state index contributed by atoms with van der Waals surface area (Å²) < 4.78 is 0. The van der Waals surface area contributed by atoms with Gasteiger partial charge in [0.2, 0.25) is 0 Å². The number of H-pyrrole nitrogens is 1. The number of fused-ring (bicyclic) bond motifs is 1. The highest BCUT2D eigenvalue weighted by molar-refractivity contribution is 6.06. The fourth-order valence-electron chi connectivity index (χ4n) is 2.15. The molecule has 3 aromatic rings. The third-order valence-electron chi connectivity index (χ3n) is 3.39. The first-order valence-corrected chi connectivity index (χ1v) is 7.25. The minimum atomic E-state index is -1.12. The van der Waals surface area contributed by atoms with Crippen LogP contribution in [-0.4, -0.2) is 44.8 Å². The second-order valence-electron chi connectivity index (χ2n) is 5.15. The highest BCUT2D eigenvalue weighted by atomic mass is 16.4. The van der Waals surface area contributed by atoms with Crippen LogP contribution in [0.25, 0.3) is 11.0 Å². The van der Waals surface area contributed by atoms with Crippen molar-refractivity contribution in [2.75, 3.05) is 11.9 Å². The fraction of sp³-hybridized carbons (Fsp3) is 0.0625. The second-order valence-corrected chi connectivity index (χ2v) is 5.15. The maximum absolute atomic E-state index is 12.3. The van der Waals surface area contributed by atoms with Gasteiger partial charge < -0.3 is 15.7 Å². The lowest BCUT2D eigenvalue weighted by Gasteiger charge is -2.07. The van der Waals surface area contributed by atoms with Gasteiger partial charge in [0.05, 0.1) is 5.52 Å². The third kappa shape index (κ3) is 3.78. The first kappa shape index (κ1) is 16.1. The summed E-state index contributed by atoms with van der Waals surface area (Å²) in [6.07, 6.45) is 0. The number of aliphatic carboxylic acids is 1. The van der Waals surface area contributed by atoms with Crippen molar-refractivity contribution < 1.29 is 19.5 Å². The van der Waals surface area contributed by atoms with Crippen molar-refractivity contribution in [1.29, 1.82) is 0 Å². The summed E-state index contributed by atoms with van der Waals surface area (Å²) in [4.78, 5) is 34.4. The molecule has 0 aliphatic carbocycles. The lowest BCUT2D eigenvalue weighted by Crippen LogP contribution is -2.29. The molecule has 0 spiro atoms. The van der Waals surface area contributed by atoms with Crippen LogP contribution in [0.5, 0.6) is 0 Å². The SMILES string of the molecule is O=C(O)CNC(=O)c1ccc(NC(=O)c2ccc3[nH]nnc3c2)cc1. The van der Waals surface area contributed by atoms with Gasteiger partial charge in [-0.15, -0.1) is 5.10 Å². The summed E-state index contributed by atoms with van der Waals surface area (Å²) in [6.45, 7) is -0.457. The number of carboxylic acids is 1. The largest absolute Gasteiger partial charge is 0.480 e. The first-order valence-electron chi connectivity index (χ1n) is 7.25. The van der Waals surface area contributed by atoms with Gasteiger partial charge >= 0.3 is 5.97 Å². The fourth-order valence-corrected chi connectivity index (χ4v) is 2.15. The predicted octanol–water partition coefficient (Wildman–Crippen LogP) is 1.02. The van der Waals surface area contributed by atoms with Crippen LogP contribution in [0.2, 0.25) is 0 Å². The van der Waals surface area contributed by atoms with Crippen molar-refractivity contribution in [3.05, 3.63) is 53.6 Å². The molecule has 2 amide bonds. The van der Waals surface area contributed by atoms with E-state index in [0.717, 1.165) is 5.52 Å². The van der Waals surface area contributed by atoms with E-state index in [9.17, 15) is 14.4 Å². The Morgan fingerprint density at radius 2 is 1.72 bits per heavy atom. The lowest BCUT2D eigenvalue weighted by molar-refractivity contribution is -0.135. The van der Waals surface area contributed by atoms with Gasteiger partial charge in [0.25, 0.3) is 11.8 Å². The van der Waals surface area contributed by atoms with Crippen molar-refractivity contribution in [3.63, 3.8) is 0 Å². The molecular weight excluding hydrogens is 326 g/mol. The van der Waals surface area contributed by atoms with E-state index in [0.29, 0.717) is 22.3 Å². The maximum Gasteiger partial charge on any atom is 0.322 e. The summed E-state index contributed by atoms with van der Waals surface area (Å²) >= 11 is 0. The highest BCUT2D eigenvalue weighted by Crippen LogP contribution is 2.14. The number of nitrogens with zero attached hydrogens (tertiary/aromatic N) is 2. The number of anilines is 1. The van der Waals surface area contributed by atoms with Crippen LogP contribution in [0.15, 0.2) is 42.5 Å². The highest BCUT2D eigenvalue weighted by Gasteiger charge is 2.10. The van der Waals surface area contributed by atoms with E-state index in [1.807, 2.05) is 0 Å². The summed E-state index contributed by atoms with van der Waals surface area (Å²) in [5.74, 6) is -1.95. The van der Waals surface area contributed by atoms with E-state index < -0.39 is 18.4 Å². The quantitative estimate of drug-likeness (QED) is 0.548. The van der Waals surface area contributed by atoms with Gasteiger partial charge in [-0.25, -0.2) is 0 Å². The molecule has 126 valence electrons. The van der Waals surface area contributed by atoms with E-state index in [4.69, 9.17) is 5.11 Å². The minimum Gasteiger partial charge on any atom is -0.480 e. The van der Waals surface area contributed by atoms with E-state index in [1.165, 1.54) is 12.1 Å². The smallest absolute Gasteiger partial charge is 0.322 e. The van der Waals surface area contributed by atoms with E-state index in [2.05, 4.69) is 26.0 Å². The number of carbonyl (C=O) groups is 3. The van der Waals surface area contributed by atoms with Crippen LogP contribution in [0, 0.1) is 0 Å². The maximum atomic E-state index is 12.3. The van der Waals surface area contributed by atoms with Crippen LogP contribution >= 0.6 is 0 Å². The van der Waals surface area contributed by atoms with Crippen LogP contribution in [0.3, 0.4) is 0 Å². The van der Waals surface area contributed by atoms with Gasteiger partial charge in [-0.2, -0.15) is 0 Å². The first-order chi connectivity index (χ1) is 12.0. The predicted molar refractivity (Wildman–Crippen MR) is 88.3 cm³/mol. The molecular formula is C16H13N5O4. The number of carbonyl (C=O) groups excluding carboxylic acids is 2. The van der Waals surface area contributed by atoms with E-state index in [-0.39, 0.29) is 5.91 Å². The Labute approximate surface area is 141 Å². The third-order valence-corrected chi connectivity index (χ3v) is 3.39. The van der Waals surface area contributed by atoms with E-state index >= 15 is 0 Å². The number of nitrogens with one attached hydrogen (secondary N) is 3. The molecule has 0 saturated carbocycles. The van der Waals surface area contributed by atoms with Crippen molar-refractivity contribution in [2.45, 2.75) is 0 Å². The van der Waals surface area contributed by atoms with Gasteiger partial charge in [-0.3, -0.25) is 19.5 Å². The van der Waals surface area contributed by atoms with Crippen LogP contribution in [0.4, 0.5) is 5.69 Å². The molecule has 2 aromatic carbocycles. The summed E-state index contributed by atoms with van der Waals surface area (Å²) in [6, 6.07) is 11.1. The topological polar surface area (TPSA) is 137 Å². The average Bonchev–Trinajstić information content (AvgIpc) is 3.08. The molecule has 0 unspecified atom stereocenters. The summed E-state index contributed by atoms with van der Waals surface area (Å²) in [5, 5.41) is 23.7. The molecule has 9 nitrogen and oxygen atoms in total. The molecule has 0 atom stereocenters. The van der Waals surface area contributed by atoms with Gasteiger partial charge in [-0.1, -0.05) is 5.21 Å². The number of carboxylic acid groups (broad SMARTS) is 1. The lowest BCUT2D eigenvalue weighted by atomic mass is 10.1. The second kappa shape index (κ2) is 6.79. The van der Waals surface area contributed by atoms with Crippen molar-refractivity contribution in [1.82, 2.24) is 20.7 Å². The molecule has 4 N–H and O–H groups in total. The minimum absolute atomic E-state index is 0.295. The molecule has 0 radical (unpaired) electrons. The van der Waals surface area contributed by atoms with Gasteiger partial charge in [0.1, 0.15) is 12.1 Å². The summed E-state index contributed by atoms with van der Waals surface area (Å²) in [7, 11) is 0. The van der Waals surface area contributed by atoms with Gasteiger partial charge in [0.15, 0.2) is 0 Å². The molecule has 3 rings (SSSR count). The van der Waals surface area contributed by atoms with Crippen molar-refractivity contribution in [3.8, 4) is 0 Å². The standard InChI is InChI=1S/C16H13N5O4/c22-14(23)8-17-15(24)9-1-4-11(5-2-9)18-16(25)10-3-6-12-13(7-10)20-21-19-12/h1-7H,8H2,(H,17,24)(H,18,25)(H,22,23)(H,19,20,21). The monoisotopic (exact) mass is 339 g/mol. The normalized spacial score (nSPS) is 10.4. The Hall–Kier alpha value is -3.75. The average molecular weight is 339 g/mol. The molecule has 0 bridgehead atoms. The molecule has 0 fully saturated rings. The van der Waals surface area contributed by atoms with Gasteiger partial charge in [-0.05, 0) is 42.5 Å². The number of hydrogen-bond donors (Lipinski definition) is 4. The Bertz CT molecular complexity index is 949. The zero-order valence-electron chi connectivity index (χ0n) is 12.8. The molecule has 25 heavy (non-hydrogen) atoms. The molecule has 0 aliphatic heterocycles. The Morgan fingerprint density at radius 3 is 2.44 bits per heavy atom. The van der Waals surface area contributed by atoms with Crippen LogP contribution in [0.1, 0.15) is 20.7 Å². The number of rotatable bonds is 5. The molecule has 0 saturated heterocycles. The number of amides is 2. The molecule has 0 aliphatic rings. The summed E-state index contributed by atoms with van der Waals surface area (Å²) in [5.41, 5.74) is 2.53. The Kier molecular flexibility index (Phi) is 4.38. The number of aromatic amines is 1. The van der Waals surface area contributed by atoms with E-state index in [1.54, 1.807) is 30.3 Å². The molecule has 1 heterocycles. The van der Waals surface area contributed by atoms with Gasteiger partial charge in [0, 0.05) is 16.8 Å². The molecule has 1 aromatic heterocycles. The van der Waals surface area contributed by atoms with Crippen molar-refractivity contribution >= 4 is 34.5 Å². The number of benzene rings is 2. The Morgan fingerprint density at radius 1 is 1.00 bits per heavy atom. The number of aromatic nitrogens is 3. The van der Waals surface area contributed by atoms with Crippen LogP contribution in [-0.2, 0) is 4.79 Å². The Balaban J connectivity index is 1.67. The van der Waals surface area contributed by atoms with Crippen LogP contribution < -0.4 is 10.6 Å². The number of hydrogen-bond acceptors (Lipinski definition) is 5. The zero-order valence-corrected chi connectivity index (χ0v) is 12.8. The molecule has 9 heteroatoms.